The van der Waals surface area contributed by atoms with Gasteiger partial charge in [0.1, 0.15) is 5.75 Å². The molecule has 0 aliphatic carbocycles. The second-order valence-electron chi connectivity index (χ2n) is 5.00. The van der Waals surface area contributed by atoms with Gasteiger partial charge < -0.3 is 10.1 Å². The van der Waals surface area contributed by atoms with Crippen molar-refractivity contribution >= 4 is 11.5 Å². The number of ether oxygens (including phenoxy) is 1. The maximum atomic E-state index is 5.93. The fraction of sp³-hybridized carbons (Fsp3) is 0.467. The zero-order chi connectivity index (χ0) is 13.8. The van der Waals surface area contributed by atoms with Crippen molar-refractivity contribution in [3.63, 3.8) is 0 Å². The van der Waals surface area contributed by atoms with Crippen molar-refractivity contribution in [1.29, 1.82) is 0 Å². The number of benzene rings is 1. The van der Waals surface area contributed by atoms with Gasteiger partial charge in [-0.05, 0) is 42.9 Å². The summed E-state index contributed by atoms with van der Waals surface area (Å²) >= 11 is 1.39. The molecule has 2 heterocycles. The minimum atomic E-state index is 0.0711. The summed E-state index contributed by atoms with van der Waals surface area (Å²) in [7, 11) is 0. The van der Waals surface area contributed by atoms with Gasteiger partial charge in [0, 0.05) is 10.9 Å². The van der Waals surface area contributed by atoms with E-state index in [1.165, 1.54) is 22.7 Å². The van der Waals surface area contributed by atoms with Crippen LogP contribution in [0.2, 0.25) is 0 Å². The van der Waals surface area contributed by atoms with Crippen LogP contribution in [0.3, 0.4) is 0 Å². The molecule has 4 nitrogen and oxygen atoms in total. The summed E-state index contributed by atoms with van der Waals surface area (Å²) < 4.78 is 9.93. The Bertz CT molecular complexity index is 556. The van der Waals surface area contributed by atoms with E-state index in [-0.39, 0.29) is 6.04 Å². The van der Waals surface area contributed by atoms with Crippen LogP contribution in [0.15, 0.2) is 23.6 Å². The predicted octanol–water partition coefficient (Wildman–Crippen LogP) is 2.95. The van der Waals surface area contributed by atoms with Crippen LogP contribution in [-0.4, -0.2) is 22.7 Å². The smallest absolute Gasteiger partial charge is 0.127 e. The molecule has 0 amide bonds. The van der Waals surface area contributed by atoms with Crippen LogP contribution in [0.5, 0.6) is 5.75 Å². The summed E-state index contributed by atoms with van der Waals surface area (Å²) in [6, 6.07) is 6.48. The average Bonchev–Trinajstić information content (AvgIpc) is 3.02. The van der Waals surface area contributed by atoms with Crippen molar-refractivity contribution in [2.24, 2.45) is 0 Å². The van der Waals surface area contributed by atoms with Crippen molar-refractivity contribution < 1.29 is 4.74 Å². The van der Waals surface area contributed by atoms with E-state index >= 15 is 0 Å². The molecule has 20 heavy (non-hydrogen) atoms. The zero-order valence-electron chi connectivity index (χ0n) is 11.6. The Morgan fingerprint density at radius 1 is 1.45 bits per heavy atom. The molecule has 1 aromatic carbocycles. The largest absolute Gasteiger partial charge is 0.493 e. The van der Waals surface area contributed by atoms with Crippen molar-refractivity contribution in [3.8, 4) is 5.75 Å². The van der Waals surface area contributed by atoms with Crippen LogP contribution in [0.25, 0.3) is 0 Å². The normalized spacial score (nSPS) is 15.4. The van der Waals surface area contributed by atoms with Gasteiger partial charge in [-0.3, -0.25) is 0 Å². The van der Waals surface area contributed by atoms with E-state index < -0.39 is 0 Å². The molecular weight excluding hydrogens is 270 g/mol. The molecular formula is C15H19N3OS. The quantitative estimate of drug-likeness (QED) is 0.919. The lowest BCUT2D eigenvalue weighted by atomic mass is 9.96. The highest BCUT2D eigenvalue weighted by atomic mass is 32.1. The van der Waals surface area contributed by atoms with Crippen molar-refractivity contribution in [3.05, 3.63) is 40.4 Å². The van der Waals surface area contributed by atoms with Crippen LogP contribution in [0.1, 0.15) is 42.6 Å². The molecule has 5 heteroatoms. The van der Waals surface area contributed by atoms with Crippen molar-refractivity contribution in [2.45, 2.75) is 32.2 Å². The molecule has 1 aromatic heterocycles. The number of aromatic nitrogens is 2. The minimum Gasteiger partial charge on any atom is -0.493 e. The first-order valence-electron chi connectivity index (χ1n) is 7.15. The predicted molar refractivity (Wildman–Crippen MR) is 80.3 cm³/mol. The molecule has 0 saturated heterocycles. The standard InChI is InChI=1S/C15H19N3OS/c1-2-8-16-14(13-10-20-18-17-13)12-7-3-5-11-6-4-9-19-15(11)12/h3,5,7,10,14,16H,2,4,6,8-9H2,1H3. The molecule has 2 aromatic rings. The Hall–Kier alpha value is -1.46. The van der Waals surface area contributed by atoms with Gasteiger partial charge in [-0.25, -0.2) is 0 Å². The second kappa shape index (κ2) is 6.33. The molecule has 106 valence electrons. The summed E-state index contributed by atoms with van der Waals surface area (Å²) in [6.07, 6.45) is 3.28. The Kier molecular flexibility index (Phi) is 4.28. The van der Waals surface area contributed by atoms with E-state index in [9.17, 15) is 0 Å². The lowest BCUT2D eigenvalue weighted by Crippen LogP contribution is -2.25. The van der Waals surface area contributed by atoms with Crippen LogP contribution >= 0.6 is 11.5 Å². The van der Waals surface area contributed by atoms with Crippen LogP contribution < -0.4 is 10.1 Å². The zero-order valence-corrected chi connectivity index (χ0v) is 12.4. The first kappa shape index (κ1) is 13.5. The number of fused-ring (bicyclic) bond motifs is 1. The third kappa shape index (κ3) is 2.69. The Balaban J connectivity index is 1.98. The van der Waals surface area contributed by atoms with Crippen molar-refractivity contribution in [1.82, 2.24) is 14.9 Å². The third-order valence-electron chi connectivity index (χ3n) is 3.55. The minimum absolute atomic E-state index is 0.0711. The van der Waals surface area contributed by atoms with Gasteiger partial charge in [0.25, 0.3) is 0 Å². The average molecular weight is 289 g/mol. The second-order valence-corrected chi connectivity index (χ2v) is 5.61. The monoisotopic (exact) mass is 289 g/mol. The van der Waals surface area contributed by atoms with E-state index in [1.807, 2.05) is 5.38 Å². The summed E-state index contributed by atoms with van der Waals surface area (Å²) in [6.45, 7) is 3.92. The van der Waals surface area contributed by atoms with E-state index in [0.29, 0.717) is 0 Å². The van der Waals surface area contributed by atoms with Gasteiger partial charge in [-0.1, -0.05) is 29.6 Å². The maximum absolute atomic E-state index is 5.93. The maximum Gasteiger partial charge on any atom is 0.127 e. The van der Waals surface area contributed by atoms with Gasteiger partial charge >= 0.3 is 0 Å². The molecule has 1 N–H and O–H groups in total. The highest BCUT2D eigenvalue weighted by Gasteiger charge is 2.23. The number of rotatable bonds is 5. The highest BCUT2D eigenvalue weighted by molar-refractivity contribution is 7.03. The molecule has 3 rings (SSSR count). The van der Waals surface area contributed by atoms with E-state index in [2.05, 4.69) is 40.0 Å². The van der Waals surface area contributed by atoms with Gasteiger partial charge in [0.2, 0.25) is 0 Å². The van der Waals surface area contributed by atoms with Crippen molar-refractivity contribution in [2.75, 3.05) is 13.2 Å². The molecule has 1 unspecified atom stereocenters. The van der Waals surface area contributed by atoms with E-state index in [1.54, 1.807) is 0 Å². The summed E-state index contributed by atoms with van der Waals surface area (Å²) in [5.74, 6) is 1.04. The Labute approximate surface area is 123 Å². The summed E-state index contributed by atoms with van der Waals surface area (Å²) in [5, 5.41) is 9.82. The molecule has 0 radical (unpaired) electrons. The molecule has 1 aliphatic heterocycles. The SMILES string of the molecule is CCCNC(c1csnn1)c1cccc2c1OCCC2. The van der Waals surface area contributed by atoms with Gasteiger partial charge in [-0.15, -0.1) is 5.10 Å². The molecule has 0 fully saturated rings. The fourth-order valence-electron chi connectivity index (χ4n) is 2.60. The number of para-hydroxylation sites is 1. The van der Waals surface area contributed by atoms with Crippen LogP contribution in [0, 0.1) is 0 Å². The molecule has 0 saturated carbocycles. The topological polar surface area (TPSA) is 47.0 Å². The number of hydrogen-bond donors (Lipinski definition) is 1. The number of aryl methyl sites for hydroxylation is 1. The first-order valence-corrected chi connectivity index (χ1v) is 7.98. The van der Waals surface area contributed by atoms with Gasteiger partial charge in [0.05, 0.1) is 18.3 Å². The summed E-state index contributed by atoms with van der Waals surface area (Å²) in [4.78, 5) is 0. The van der Waals surface area contributed by atoms with E-state index in [0.717, 1.165) is 43.9 Å². The number of nitrogens with one attached hydrogen (secondary N) is 1. The number of nitrogens with zero attached hydrogens (tertiary/aromatic N) is 2. The fourth-order valence-corrected chi connectivity index (χ4v) is 3.08. The van der Waals surface area contributed by atoms with E-state index in [4.69, 9.17) is 4.74 Å². The third-order valence-corrected chi connectivity index (χ3v) is 4.07. The molecule has 0 bridgehead atoms. The highest BCUT2D eigenvalue weighted by Crippen LogP contribution is 2.35. The molecule has 1 aliphatic rings. The number of hydrogen-bond acceptors (Lipinski definition) is 5. The van der Waals surface area contributed by atoms with Gasteiger partial charge in [0.15, 0.2) is 0 Å². The van der Waals surface area contributed by atoms with Crippen LogP contribution in [0.4, 0.5) is 0 Å². The Morgan fingerprint density at radius 3 is 3.20 bits per heavy atom. The molecule has 1 atom stereocenters. The Morgan fingerprint density at radius 2 is 2.40 bits per heavy atom. The molecule has 0 spiro atoms. The lowest BCUT2D eigenvalue weighted by molar-refractivity contribution is 0.283. The van der Waals surface area contributed by atoms with Crippen LogP contribution in [-0.2, 0) is 6.42 Å². The lowest BCUT2D eigenvalue weighted by Gasteiger charge is -2.25. The summed E-state index contributed by atoms with van der Waals surface area (Å²) in [5.41, 5.74) is 3.47. The van der Waals surface area contributed by atoms with Gasteiger partial charge in [-0.2, -0.15) is 0 Å². The first-order chi connectivity index (χ1) is 9.90.